The monoisotopic (exact) mass is 616 g/mol. The number of ether oxygens (including phenoxy) is 1. The van der Waals surface area contributed by atoms with Gasteiger partial charge in [0.1, 0.15) is 17.7 Å². The number of anilines is 2. The fourth-order valence-corrected chi connectivity index (χ4v) is 5.51. The Morgan fingerprint density at radius 1 is 1.16 bits per heavy atom. The maximum atomic E-state index is 14.5. The van der Waals surface area contributed by atoms with Crippen molar-refractivity contribution >= 4 is 17.5 Å². The Balaban J connectivity index is 0.000000566. The predicted octanol–water partition coefficient (Wildman–Crippen LogP) is 5.73. The van der Waals surface area contributed by atoms with Crippen molar-refractivity contribution in [2.24, 2.45) is 11.7 Å². The molecule has 2 aromatic carbocycles. The highest BCUT2D eigenvalue weighted by Gasteiger charge is 2.38. The van der Waals surface area contributed by atoms with Crippen LogP contribution in [0.2, 0.25) is 0 Å². The minimum atomic E-state index is -5.08. The highest BCUT2D eigenvalue weighted by molar-refractivity contribution is 5.73. The van der Waals surface area contributed by atoms with Crippen molar-refractivity contribution in [2.45, 2.75) is 56.8 Å². The molecule has 5 rings (SSSR count). The number of nitrogens with one attached hydrogen (secondary N) is 1. The van der Waals surface area contributed by atoms with Gasteiger partial charge in [-0.2, -0.15) is 18.4 Å². The van der Waals surface area contributed by atoms with Crippen LogP contribution in [-0.4, -0.2) is 65.9 Å². The zero-order chi connectivity index (χ0) is 31.9. The standard InChI is InChI=1S/C29H35FN6O.C2HF3O2/c1-35(25-11-13-37-14-12-25)24-7-9-26(10-8-24)36-28(21-5-6-22(18-31)27(30)16-21)17-29(34-36)33-19-20-3-2-4-23(32)15-20;3-2(4,5)1(6)7/h5-10,16-17,20,23,25H,2-4,11-15,19,32H2,1H3,(H,33,34);(H,6,7)/t20-,23-;/m0./s1. The molecule has 2 aliphatic rings. The lowest BCUT2D eigenvalue weighted by molar-refractivity contribution is -0.192. The second-order valence-electron chi connectivity index (χ2n) is 11.1. The molecule has 1 aliphatic heterocycles. The summed E-state index contributed by atoms with van der Waals surface area (Å²) in [6.07, 6.45) is 1.39. The average Bonchev–Trinajstić information content (AvgIpc) is 3.44. The maximum absolute atomic E-state index is 14.5. The van der Waals surface area contributed by atoms with Gasteiger partial charge in [0.05, 0.1) is 16.9 Å². The molecule has 2 heterocycles. The van der Waals surface area contributed by atoms with Crippen molar-refractivity contribution in [3.05, 3.63) is 59.9 Å². The number of alkyl halides is 3. The van der Waals surface area contributed by atoms with Crippen molar-refractivity contribution in [3.8, 4) is 23.0 Å². The van der Waals surface area contributed by atoms with Crippen LogP contribution in [0.25, 0.3) is 16.9 Å². The Morgan fingerprint density at radius 3 is 2.43 bits per heavy atom. The van der Waals surface area contributed by atoms with Gasteiger partial charge in [-0.1, -0.05) is 12.5 Å². The number of nitrogens with zero attached hydrogens (tertiary/aromatic N) is 4. The summed E-state index contributed by atoms with van der Waals surface area (Å²) in [6, 6.07) is 17.6. The van der Waals surface area contributed by atoms with E-state index >= 15 is 0 Å². The number of carbonyl (C=O) groups is 1. The first-order valence-corrected chi connectivity index (χ1v) is 14.5. The van der Waals surface area contributed by atoms with Gasteiger partial charge in [-0.05, 0) is 74.4 Å². The molecule has 4 N–H and O–H groups in total. The van der Waals surface area contributed by atoms with Gasteiger partial charge in [-0.15, -0.1) is 5.10 Å². The molecule has 0 spiro atoms. The number of aromatic nitrogens is 2. The van der Waals surface area contributed by atoms with E-state index in [9.17, 15) is 17.6 Å². The number of carboxylic acids is 1. The first-order valence-electron chi connectivity index (χ1n) is 14.5. The molecule has 0 radical (unpaired) electrons. The minimum Gasteiger partial charge on any atom is -0.475 e. The highest BCUT2D eigenvalue weighted by Crippen LogP contribution is 2.30. The quantitative estimate of drug-likeness (QED) is 0.287. The summed E-state index contributed by atoms with van der Waals surface area (Å²) in [5.74, 6) is -2.04. The summed E-state index contributed by atoms with van der Waals surface area (Å²) in [5.41, 5.74) is 9.66. The highest BCUT2D eigenvalue weighted by atomic mass is 19.4. The van der Waals surface area contributed by atoms with Crippen molar-refractivity contribution in [3.63, 3.8) is 0 Å². The second-order valence-corrected chi connectivity index (χ2v) is 11.1. The van der Waals surface area contributed by atoms with E-state index in [4.69, 9.17) is 30.7 Å². The van der Waals surface area contributed by atoms with Crippen LogP contribution in [0.5, 0.6) is 0 Å². The first-order chi connectivity index (χ1) is 21.0. The van der Waals surface area contributed by atoms with Crippen LogP contribution in [0.1, 0.15) is 44.1 Å². The van der Waals surface area contributed by atoms with Gasteiger partial charge in [-0.25, -0.2) is 13.9 Å². The minimum absolute atomic E-state index is 0.0299. The Hall–Kier alpha value is -4.15. The number of hydrogen-bond acceptors (Lipinski definition) is 7. The molecule has 1 aliphatic carbocycles. The molecule has 0 unspecified atom stereocenters. The van der Waals surface area contributed by atoms with Crippen LogP contribution in [0.3, 0.4) is 0 Å². The number of carboxylic acid groups (broad SMARTS) is 1. The molecular formula is C31H36F4N6O3. The summed E-state index contributed by atoms with van der Waals surface area (Å²) in [5, 5.41) is 24.6. The van der Waals surface area contributed by atoms with E-state index in [0.29, 0.717) is 17.5 Å². The molecule has 236 valence electrons. The Bertz CT molecular complexity index is 1450. The molecule has 13 heteroatoms. The molecule has 9 nitrogen and oxygen atoms in total. The van der Waals surface area contributed by atoms with Gasteiger partial charge in [0.25, 0.3) is 0 Å². The molecule has 1 saturated carbocycles. The smallest absolute Gasteiger partial charge is 0.475 e. The van der Waals surface area contributed by atoms with E-state index in [1.165, 1.54) is 12.1 Å². The van der Waals surface area contributed by atoms with E-state index < -0.39 is 18.0 Å². The topological polar surface area (TPSA) is 129 Å². The number of hydrogen-bond donors (Lipinski definition) is 3. The van der Waals surface area contributed by atoms with Gasteiger partial charge in [0, 0.05) is 56.2 Å². The van der Waals surface area contributed by atoms with Gasteiger partial charge in [0.15, 0.2) is 0 Å². The molecule has 1 saturated heterocycles. The van der Waals surface area contributed by atoms with Gasteiger partial charge < -0.3 is 25.8 Å². The first kappa shape index (κ1) is 32.8. The number of nitriles is 1. The summed E-state index contributed by atoms with van der Waals surface area (Å²) < 4.78 is 53.6. The van der Waals surface area contributed by atoms with Crippen LogP contribution >= 0.6 is 0 Å². The van der Waals surface area contributed by atoms with E-state index in [1.54, 1.807) is 6.07 Å². The van der Waals surface area contributed by atoms with Gasteiger partial charge in [0.2, 0.25) is 0 Å². The van der Waals surface area contributed by atoms with Crippen molar-refractivity contribution < 1.29 is 32.2 Å². The maximum Gasteiger partial charge on any atom is 0.490 e. The predicted molar refractivity (Wildman–Crippen MR) is 158 cm³/mol. The summed E-state index contributed by atoms with van der Waals surface area (Å²) in [7, 11) is 2.13. The zero-order valence-electron chi connectivity index (χ0n) is 24.4. The average molecular weight is 617 g/mol. The van der Waals surface area contributed by atoms with Gasteiger partial charge >= 0.3 is 12.1 Å². The van der Waals surface area contributed by atoms with Crippen LogP contribution in [0, 0.1) is 23.1 Å². The number of benzene rings is 2. The third-order valence-electron chi connectivity index (χ3n) is 7.97. The normalized spacial score (nSPS) is 18.9. The molecule has 2 atom stereocenters. The Labute approximate surface area is 253 Å². The van der Waals surface area contributed by atoms with Crippen LogP contribution < -0.4 is 16.0 Å². The van der Waals surface area contributed by atoms with E-state index in [0.717, 1.165) is 81.2 Å². The van der Waals surface area contributed by atoms with Gasteiger partial charge in [-0.3, -0.25) is 0 Å². The number of rotatable bonds is 7. The molecule has 0 amide bonds. The van der Waals surface area contributed by atoms with E-state index in [1.807, 2.05) is 29.0 Å². The lowest BCUT2D eigenvalue weighted by Crippen LogP contribution is -2.36. The van der Waals surface area contributed by atoms with Crippen molar-refractivity contribution in [1.29, 1.82) is 5.26 Å². The van der Waals surface area contributed by atoms with Crippen LogP contribution in [-0.2, 0) is 9.53 Å². The fraction of sp³-hybridized carbons (Fsp3) is 0.452. The molecule has 44 heavy (non-hydrogen) atoms. The van der Waals surface area contributed by atoms with E-state index in [2.05, 4.69) is 29.4 Å². The lowest BCUT2D eigenvalue weighted by atomic mass is 9.86. The summed E-state index contributed by atoms with van der Waals surface area (Å²) in [4.78, 5) is 11.2. The molecule has 2 fully saturated rings. The third kappa shape index (κ3) is 8.48. The van der Waals surface area contributed by atoms with Crippen molar-refractivity contribution in [2.75, 3.05) is 37.0 Å². The molecule has 1 aromatic heterocycles. The largest absolute Gasteiger partial charge is 0.490 e. The lowest BCUT2D eigenvalue weighted by Gasteiger charge is -2.33. The van der Waals surface area contributed by atoms with Crippen molar-refractivity contribution in [1.82, 2.24) is 9.78 Å². The van der Waals surface area contributed by atoms with Crippen LogP contribution in [0.15, 0.2) is 48.5 Å². The SMILES string of the molecule is CN(c1ccc(-n2nc(NC[C@H]3CCC[C@H](N)C3)cc2-c2ccc(C#N)c(F)c2)cc1)C1CCOCC1.O=C(O)C(F)(F)F. The van der Waals surface area contributed by atoms with Crippen LogP contribution in [0.4, 0.5) is 29.1 Å². The number of aliphatic carboxylic acids is 1. The zero-order valence-corrected chi connectivity index (χ0v) is 24.4. The Kier molecular flexibility index (Phi) is 10.8. The number of nitrogens with two attached hydrogens (primary N) is 1. The molecule has 3 aromatic rings. The molecular weight excluding hydrogens is 580 g/mol. The third-order valence-corrected chi connectivity index (χ3v) is 7.97. The summed E-state index contributed by atoms with van der Waals surface area (Å²) in [6.45, 7) is 2.40. The Morgan fingerprint density at radius 2 is 1.84 bits per heavy atom. The van der Waals surface area contributed by atoms with E-state index in [-0.39, 0.29) is 11.6 Å². The molecule has 0 bridgehead atoms. The second kappa shape index (κ2) is 14.5. The number of halogens is 4. The summed E-state index contributed by atoms with van der Waals surface area (Å²) >= 11 is 0. The fourth-order valence-electron chi connectivity index (χ4n) is 5.51.